The Labute approximate surface area is 142 Å². The van der Waals surface area contributed by atoms with E-state index in [4.69, 9.17) is 10.5 Å². The summed E-state index contributed by atoms with van der Waals surface area (Å²) >= 11 is 0. The number of hydrogen-bond donors (Lipinski definition) is 3. The highest BCUT2D eigenvalue weighted by Crippen LogP contribution is 2.20. The molecule has 5 heteroatoms. The molecule has 0 aromatic heterocycles. The minimum Gasteiger partial charge on any atom is -0.489 e. The van der Waals surface area contributed by atoms with Gasteiger partial charge < -0.3 is 20.9 Å². The van der Waals surface area contributed by atoms with Gasteiger partial charge in [0.25, 0.3) is 0 Å². The molecule has 0 bridgehead atoms. The van der Waals surface area contributed by atoms with Crippen LogP contribution in [-0.4, -0.2) is 24.1 Å². The van der Waals surface area contributed by atoms with Crippen molar-refractivity contribution in [2.45, 2.75) is 25.6 Å². The monoisotopic (exact) mass is 328 g/mol. The summed E-state index contributed by atoms with van der Waals surface area (Å²) in [5.74, 6) is 0.584. The summed E-state index contributed by atoms with van der Waals surface area (Å²) < 4.78 is 5.75. The van der Waals surface area contributed by atoms with Gasteiger partial charge in [0.05, 0.1) is 6.10 Å². The first kappa shape index (κ1) is 18.0. The van der Waals surface area contributed by atoms with E-state index in [1.54, 1.807) is 6.07 Å². The first-order valence-corrected chi connectivity index (χ1v) is 8.10. The Morgan fingerprint density at radius 2 is 1.96 bits per heavy atom. The average molecular weight is 328 g/mol. The summed E-state index contributed by atoms with van der Waals surface area (Å²) in [5, 5.41) is 12.9. The number of carbonyl (C=O) groups is 1. The number of ether oxygens (including phenoxy) is 1. The van der Waals surface area contributed by atoms with Crippen molar-refractivity contribution in [2.24, 2.45) is 5.73 Å². The fourth-order valence-corrected chi connectivity index (χ4v) is 2.23. The Morgan fingerprint density at radius 3 is 2.71 bits per heavy atom. The molecule has 4 N–H and O–H groups in total. The van der Waals surface area contributed by atoms with Crippen LogP contribution in [0.5, 0.6) is 5.75 Å². The Hall–Kier alpha value is -2.37. The van der Waals surface area contributed by atoms with Crippen LogP contribution in [0.4, 0.5) is 0 Å². The second-order valence-corrected chi connectivity index (χ2v) is 5.56. The number of rotatable bonds is 9. The number of nitrogens with one attached hydrogen (secondary N) is 1. The molecule has 2 rings (SSSR count). The minimum atomic E-state index is -0.771. The number of benzene rings is 2. The average Bonchev–Trinajstić information content (AvgIpc) is 2.63. The zero-order chi connectivity index (χ0) is 17.2. The molecular formula is C19H24N2O3. The maximum Gasteiger partial charge on any atom is 0.220 e. The fraction of sp³-hybridized carbons (Fsp3) is 0.316. The van der Waals surface area contributed by atoms with E-state index in [9.17, 15) is 9.90 Å². The van der Waals surface area contributed by atoms with Gasteiger partial charge in [0, 0.05) is 13.0 Å². The molecule has 24 heavy (non-hydrogen) atoms. The zero-order valence-corrected chi connectivity index (χ0v) is 13.7. The standard InChI is InChI=1S/C19H24N2O3/c20-11-5-10-19(23)21-13-18(22)16-8-4-9-17(12-16)24-14-15-6-2-1-3-7-15/h1-4,6-9,12,18,22H,5,10-11,13-14,20H2,(H,21,23). The van der Waals surface area contributed by atoms with Crippen LogP contribution in [0.25, 0.3) is 0 Å². The number of aliphatic hydroxyl groups is 1. The van der Waals surface area contributed by atoms with Gasteiger partial charge in [-0.3, -0.25) is 4.79 Å². The van der Waals surface area contributed by atoms with Crippen molar-refractivity contribution in [2.75, 3.05) is 13.1 Å². The van der Waals surface area contributed by atoms with Crippen molar-refractivity contribution >= 4 is 5.91 Å². The molecule has 0 aliphatic heterocycles. The summed E-state index contributed by atoms with van der Waals surface area (Å²) in [4.78, 5) is 11.6. The lowest BCUT2D eigenvalue weighted by atomic mass is 10.1. The van der Waals surface area contributed by atoms with E-state index in [0.717, 1.165) is 5.56 Å². The van der Waals surface area contributed by atoms with Crippen LogP contribution in [0.1, 0.15) is 30.1 Å². The van der Waals surface area contributed by atoms with E-state index >= 15 is 0 Å². The lowest BCUT2D eigenvalue weighted by molar-refractivity contribution is -0.121. The molecule has 0 fully saturated rings. The van der Waals surface area contributed by atoms with Gasteiger partial charge in [-0.1, -0.05) is 42.5 Å². The third kappa shape index (κ3) is 6.02. The number of amides is 1. The third-order valence-electron chi connectivity index (χ3n) is 3.59. The Kier molecular flexibility index (Phi) is 7.26. The van der Waals surface area contributed by atoms with Crippen molar-refractivity contribution in [3.05, 3.63) is 65.7 Å². The van der Waals surface area contributed by atoms with Gasteiger partial charge >= 0.3 is 0 Å². The zero-order valence-electron chi connectivity index (χ0n) is 13.7. The topological polar surface area (TPSA) is 84.6 Å². The maximum absolute atomic E-state index is 11.6. The lowest BCUT2D eigenvalue weighted by Gasteiger charge is -2.14. The molecular weight excluding hydrogens is 304 g/mol. The van der Waals surface area contributed by atoms with E-state index in [0.29, 0.717) is 37.3 Å². The number of aliphatic hydroxyl groups excluding tert-OH is 1. The van der Waals surface area contributed by atoms with Crippen molar-refractivity contribution in [1.82, 2.24) is 5.32 Å². The van der Waals surface area contributed by atoms with Gasteiger partial charge in [0.1, 0.15) is 12.4 Å². The largest absolute Gasteiger partial charge is 0.489 e. The van der Waals surface area contributed by atoms with Crippen LogP contribution in [-0.2, 0) is 11.4 Å². The van der Waals surface area contributed by atoms with Crippen LogP contribution in [0.3, 0.4) is 0 Å². The number of nitrogens with two attached hydrogens (primary N) is 1. The van der Waals surface area contributed by atoms with Gasteiger partial charge in [0.2, 0.25) is 5.91 Å². The van der Waals surface area contributed by atoms with Crippen molar-refractivity contribution in [3.63, 3.8) is 0 Å². The quantitative estimate of drug-likeness (QED) is 0.658. The number of carbonyl (C=O) groups excluding carboxylic acids is 1. The Morgan fingerprint density at radius 1 is 1.17 bits per heavy atom. The normalized spacial score (nSPS) is 11.8. The molecule has 0 heterocycles. The first-order chi connectivity index (χ1) is 11.7. The summed E-state index contributed by atoms with van der Waals surface area (Å²) in [7, 11) is 0. The smallest absolute Gasteiger partial charge is 0.220 e. The molecule has 1 unspecified atom stereocenters. The molecule has 0 aliphatic carbocycles. The second-order valence-electron chi connectivity index (χ2n) is 5.56. The van der Waals surface area contributed by atoms with E-state index in [2.05, 4.69) is 5.32 Å². The second kappa shape index (κ2) is 9.70. The number of hydrogen-bond acceptors (Lipinski definition) is 4. The predicted molar refractivity (Wildman–Crippen MR) is 93.5 cm³/mol. The lowest BCUT2D eigenvalue weighted by Crippen LogP contribution is -2.28. The van der Waals surface area contributed by atoms with Gasteiger partial charge in [-0.15, -0.1) is 0 Å². The summed E-state index contributed by atoms with van der Waals surface area (Å²) in [6, 6.07) is 17.2. The molecule has 5 nitrogen and oxygen atoms in total. The van der Waals surface area contributed by atoms with Gasteiger partial charge in [-0.05, 0) is 36.2 Å². The van der Waals surface area contributed by atoms with E-state index < -0.39 is 6.10 Å². The molecule has 0 saturated carbocycles. The van der Waals surface area contributed by atoms with Crippen molar-refractivity contribution in [3.8, 4) is 5.75 Å². The fourth-order valence-electron chi connectivity index (χ4n) is 2.23. The minimum absolute atomic E-state index is 0.101. The highest BCUT2D eigenvalue weighted by Gasteiger charge is 2.10. The van der Waals surface area contributed by atoms with Gasteiger partial charge in [-0.25, -0.2) is 0 Å². The van der Waals surface area contributed by atoms with Crippen LogP contribution < -0.4 is 15.8 Å². The molecule has 128 valence electrons. The van der Waals surface area contributed by atoms with E-state index in [1.165, 1.54) is 0 Å². The Bertz CT molecular complexity index is 632. The first-order valence-electron chi connectivity index (χ1n) is 8.10. The summed E-state index contributed by atoms with van der Waals surface area (Å²) in [6.07, 6.45) is 0.251. The van der Waals surface area contributed by atoms with Crippen LogP contribution in [0, 0.1) is 0 Å². The molecule has 1 amide bonds. The van der Waals surface area contributed by atoms with Gasteiger partial charge in [0.15, 0.2) is 0 Å². The molecule has 0 radical (unpaired) electrons. The molecule has 1 atom stereocenters. The highest BCUT2D eigenvalue weighted by molar-refractivity contribution is 5.75. The molecule has 0 saturated heterocycles. The predicted octanol–water partition coefficient (Wildman–Crippen LogP) is 2.15. The van der Waals surface area contributed by atoms with Crippen LogP contribution >= 0.6 is 0 Å². The maximum atomic E-state index is 11.6. The highest BCUT2D eigenvalue weighted by atomic mass is 16.5. The summed E-state index contributed by atoms with van der Waals surface area (Å²) in [6.45, 7) is 1.12. The van der Waals surface area contributed by atoms with Crippen LogP contribution in [0.2, 0.25) is 0 Å². The van der Waals surface area contributed by atoms with E-state index in [1.807, 2.05) is 48.5 Å². The Balaban J connectivity index is 1.85. The molecule has 2 aromatic carbocycles. The van der Waals surface area contributed by atoms with Crippen molar-refractivity contribution < 1.29 is 14.6 Å². The summed E-state index contributed by atoms with van der Waals surface area (Å²) in [5.41, 5.74) is 7.16. The molecule has 0 aliphatic rings. The molecule has 0 spiro atoms. The SMILES string of the molecule is NCCCC(=O)NCC(O)c1cccc(OCc2ccccc2)c1. The third-order valence-corrected chi connectivity index (χ3v) is 3.59. The van der Waals surface area contributed by atoms with Crippen molar-refractivity contribution in [1.29, 1.82) is 0 Å². The van der Waals surface area contributed by atoms with E-state index in [-0.39, 0.29) is 12.5 Å². The van der Waals surface area contributed by atoms with Gasteiger partial charge in [-0.2, -0.15) is 0 Å². The molecule has 2 aromatic rings. The van der Waals surface area contributed by atoms with Crippen LogP contribution in [0.15, 0.2) is 54.6 Å².